The van der Waals surface area contributed by atoms with Gasteiger partial charge in [0.05, 0.1) is 25.3 Å². The van der Waals surface area contributed by atoms with Crippen LogP contribution in [0.2, 0.25) is 0 Å². The number of primary amides is 1. The topological polar surface area (TPSA) is 117 Å². The minimum Gasteiger partial charge on any atom is -0.760 e. The second-order valence-corrected chi connectivity index (χ2v) is 5.63. The third-order valence-electron chi connectivity index (χ3n) is 3.33. The molecule has 0 bridgehead atoms. The fourth-order valence-corrected chi connectivity index (χ4v) is 2.42. The summed E-state index contributed by atoms with van der Waals surface area (Å²) in [4.78, 5) is 10.9. The average molecular weight is 334 g/mol. The molecule has 0 saturated carbocycles. The third-order valence-corrected chi connectivity index (χ3v) is 3.71. The Hall–Kier alpha value is -1.46. The number of nitrogens with one attached hydrogen (secondary N) is 2. The normalized spacial score (nSPS) is 17.8. The molecule has 2 rings (SSSR count). The summed E-state index contributed by atoms with van der Waals surface area (Å²) < 4.78 is 56.0. The maximum atomic E-state index is 14.2. The van der Waals surface area contributed by atoms with Gasteiger partial charge in [0.25, 0.3) is 0 Å². The lowest BCUT2D eigenvalue weighted by Crippen LogP contribution is -2.59. The predicted octanol–water partition coefficient (Wildman–Crippen LogP) is -0.851. The van der Waals surface area contributed by atoms with Crippen molar-refractivity contribution in [3.8, 4) is 0 Å². The molecule has 1 atom stereocenters. The molecule has 1 aliphatic heterocycles. The molecule has 1 heterocycles. The Kier molecular flexibility index (Phi) is 5.19. The van der Waals surface area contributed by atoms with Gasteiger partial charge in [0.1, 0.15) is 11.6 Å². The zero-order valence-electron chi connectivity index (χ0n) is 11.4. The summed E-state index contributed by atoms with van der Waals surface area (Å²) in [6, 6.07) is 1.88. The number of benzene rings is 1. The van der Waals surface area contributed by atoms with Crippen LogP contribution in [-0.2, 0) is 32.9 Å². The molecule has 1 aromatic rings. The standard InChI is InChI=1S/C12H15F2N3O4S/c13-9-2-8(10(14)1-7(9)3-17-22(19)20)12(5-21-6-12)16-4-11(15)18/h1-2,16-17H,3-6H2,(H2,15,18)(H,19,20)/p-1. The van der Waals surface area contributed by atoms with Crippen LogP contribution in [0, 0.1) is 11.6 Å². The van der Waals surface area contributed by atoms with Crippen LogP contribution < -0.4 is 15.8 Å². The number of carbonyl (C=O) groups excluding carboxylic acids is 1. The van der Waals surface area contributed by atoms with E-state index in [1.165, 1.54) is 0 Å². The van der Waals surface area contributed by atoms with Gasteiger partial charge in [-0.1, -0.05) is 0 Å². The first-order valence-corrected chi connectivity index (χ1v) is 7.34. The monoisotopic (exact) mass is 334 g/mol. The summed E-state index contributed by atoms with van der Waals surface area (Å²) in [6.45, 7) is -0.433. The van der Waals surface area contributed by atoms with Crippen molar-refractivity contribution in [3.63, 3.8) is 0 Å². The lowest BCUT2D eigenvalue weighted by Gasteiger charge is -2.42. The molecule has 4 N–H and O–H groups in total. The van der Waals surface area contributed by atoms with E-state index in [0.717, 1.165) is 12.1 Å². The fourth-order valence-electron chi connectivity index (χ4n) is 2.14. The second-order valence-electron chi connectivity index (χ2n) is 4.87. The number of nitrogens with two attached hydrogens (primary N) is 1. The van der Waals surface area contributed by atoms with Gasteiger partial charge in [-0.15, -0.1) is 0 Å². The molecule has 1 saturated heterocycles. The van der Waals surface area contributed by atoms with E-state index in [0.29, 0.717) is 0 Å². The van der Waals surface area contributed by atoms with Crippen molar-refractivity contribution in [1.82, 2.24) is 10.0 Å². The predicted molar refractivity (Wildman–Crippen MR) is 71.8 cm³/mol. The van der Waals surface area contributed by atoms with Crippen molar-refractivity contribution in [2.24, 2.45) is 5.73 Å². The minimum atomic E-state index is -2.57. The van der Waals surface area contributed by atoms with Gasteiger partial charge in [0.2, 0.25) is 5.91 Å². The maximum Gasteiger partial charge on any atom is 0.231 e. The van der Waals surface area contributed by atoms with Crippen LogP contribution >= 0.6 is 0 Å². The molecule has 0 aliphatic carbocycles. The Morgan fingerprint density at radius 1 is 1.41 bits per heavy atom. The molecule has 7 nitrogen and oxygen atoms in total. The molecule has 0 radical (unpaired) electrons. The van der Waals surface area contributed by atoms with E-state index < -0.39 is 34.3 Å². The number of ether oxygens (including phenoxy) is 1. The van der Waals surface area contributed by atoms with E-state index in [1.807, 2.05) is 4.72 Å². The molecule has 22 heavy (non-hydrogen) atoms. The van der Waals surface area contributed by atoms with E-state index in [-0.39, 0.29) is 37.4 Å². The van der Waals surface area contributed by atoms with Crippen molar-refractivity contribution >= 4 is 17.2 Å². The Balaban J connectivity index is 2.25. The van der Waals surface area contributed by atoms with Crippen LogP contribution in [0.3, 0.4) is 0 Å². The number of hydrogen-bond donors (Lipinski definition) is 3. The molecular formula is C12H14F2N3O4S-. The number of halogens is 2. The first kappa shape index (κ1) is 16.9. The number of amides is 1. The molecule has 122 valence electrons. The summed E-state index contributed by atoms with van der Waals surface area (Å²) >= 11 is -2.57. The summed E-state index contributed by atoms with van der Waals surface area (Å²) in [5, 5.41) is 2.77. The van der Waals surface area contributed by atoms with Crippen molar-refractivity contribution < 1.29 is 27.1 Å². The van der Waals surface area contributed by atoms with Crippen molar-refractivity contribution in [3.05, 3.63) is 34.9 Å². The SMILES string of the molecule is NC(=O)CNC1(c2cc(F)c(CNS(=O)[O-])cc2F)COC1. The highest BCUT2D eigenvalue weighted by Crippen LogP contribution is 2.32. The quantitative estimate of drug-likeness (QED) is 0.562. The third kappa shape index (κ3) is 3.65. The van der Waals surface area contributed by atoms with E-state index in [2.05, 4.69) is 5.32 Å². The zero-order valence-corrected chi connectivity index (χ0v) is 12.2. The van der Waals surface area contributed by atoms with Gasteiger partial charge in [-0.05, 0) is 12.1 Å². The molecule has 0 aromatic heterocycles. The van der Waals surface area contributed by atoms with Gasteiger partial charge < -0.3 is 15.0 Å². The van der Waals surface area contributed by atoms with Crippen LogP contribution in [-0.4, -0.2) is 34.4 Å². The van der Waals surface area contributed by atoms with E-state index >= 15 is 0 Å². The number of rotatable bonds is 7. The summed E-state index contributed by atoms with van der Waals surface area (Å²) in [6.07, 6.45) is 0. The van der Waals surface area contributed by atoms with Crippen LogP contribution in [0.5, 0.6) is 0 Å². The van der Waals surface area contributed by atoms with Crippen molar-refractivity contribution in [1.29, 1.82) is 0 Å². The highest BCUT2D eigenvalue weighted by molar-refractivity contribution is 7.77. The molecule has 1 aromatic carbocycles. The molecular weight excluding hydrogens is 320 g/mol. The average Bonchev–Trinajstić information content (AvgIpc) is 2.38. The molecule has 1 aliphatic rings. The van der Waals surface area contributed by atoms with E-state index in [1.54, 1.807) is 0 Å². The Morgan fingerprint density at radius 2 is 2.09 bits per heavy atom. The number of carbonyl (C=O) groups is 1. The Bertz CT molecular complexity index is 610. The van der Waals surface area contributed by atoms with Gasteiger partial charge in [-0.2, -0.15) is 0 Å². The Morgan fingerprint density at radius 3 is 2.59 bits per heavy atom. The van der Waals surface area contributed by atoms with E-state index in [4.69, 9.17) is 10.5 Å². The van der Waals surface area contributed by atoms with Gasteiger partial charge in [0.15, 0.2) is 0 Å². The van der Waals surface area contributed by atoms with Gasteiger partial charge in [-0.3, -0.25) is 14.3 Å². The molecule has 1 amide bonds. The summed E-state index contributed by atoms with van der Waals surface area (Å²) in [5.41, 5.74) is 3.89. The Labute approximate surface area is 127 Å². The molecule has 0 spiro atoms. The number of hydrogen-bond acceptors (Lipinski definition) is 5. The van der Waals surface area contributed by atoms with Crippen LogP contribution in [0.15, 0.2) is 12.1 Å². The second kappa shape index (κ2) is 6.75. The van der Waals surface area contributed by atoms with Crippen LogP contribution in [0.1, 0.15) is 11.1 Å². The largest absolute Gasteiger partial charge is 0.760 e. The van der Waals surface area contributed by atoms with Gasteiger partial charge in [-0.25, -0.2) is 13.5 Å². The lowest BCUT2D eigenvalue weighted by atomic mass is 9.86. The fraction of sp³-hybridized carbons (Fsp3) is 0.417. The van der Waals surface area contributed by atoms with Crippen molar-refractivity contribution in [2.45, 2.75) is 12.1 Å². The molecule has 1 unspecified atom stereocenters. The first-order valence-electron chi connectivity index (χ1n) is 6.26. The summed E-state index contributed by atoms with van der Waals surface area (Å²) in [5.74, 6) is -2.12. The molecule has 10 heteroatoms. The lowest BCUT2D eigenvalue weighted by molar-refractivity contribution is -0.120. The van der Waals surface area contributed by atoms with Gasteiger partial charge in [0, 0.05) is 28.9 Å². The van der Waals surface area contributed by atoms with Crippen LogP contribution in [0.25, 0.3) is 0 Å². The van der Waals surface area contributed by atoms with E-state index in [9.17, 15) is 22.3 Å². The van der Waals surface area contributed by atoms with Crippen molar-refractivity contribution in [2.75, 3.05) is 19.8 Å². The van der Waals surface area contributed by atoms with Crippen LogP contribution in [0.4, 0.5) is 8.78 Å². The van der Waals surface area contributed by atoms with Gasteiger partial charge >= 0.3 is 0 Å². The maximum absolute atomic E-state index is 14.2. The summed E-state index contributed by atoms with van der Waals surface area (Å²) in [7, 11) is 0. The zero-order chi connectivity index (χ0) is 16.3. The first-order chi connectivity index (χ1) is 10.3. The highest BCUT2D eigenvalue weighted by Gasteiger charge is 2.42. The minimum absolute atomic E-state index is 0.00416. The smallest absolute Gasteiger partial charge is 0.231 e. The highest BCUT2D eigenvalue weighted by atomic mass is 32.2. The molecule has 1 fully saturated rings.